The van der Waals surface area contributed by atoms with Crippen LogP contribution in [0.3, 0.4) is 0 Å². The van der Waals surface area contributed by atoms with Gasteiger partial charge in [-0.1, -0.05) is 93.1 Å². The van der Waals surface area contributed by atoms with Crippen molar-refractivity contribution in [2.24, 2.45) is 0 Å². The second-order valence-electron chi connectivity index (χ2n) is 8.32. The molecule has 160 valence electrons. The molecule has 0 heterocycles. The Morgan fingerprint density at radius 2 is 1.38 bits per heavy atom. The van der Waals surface area contributed by atoms with Gasteiger partial charge in [-0.3, -0.25) is 0 Å². The van der Waals surface area contributed by atoms with Crippen LogP contribution in [0.5, 0.6) is 0 Å². The molecule has 0 radical (unpaired) electrons. The lowest BCUT2D eigenvalue weighted by molar-refractivity contribution is 0.643. The van der Waals surface area contributed by atoms with Gasteiger partial charge >= 0.3 is 0 Å². The molecule has 4 aromatic rings. The monoisotopic (exact) mass is 420 g/mol. The predicted octanol–water partition coefficient (Wildman–Crippen LogP) is 8.34. The SMILES string of the molecule is CCCCCc1ccc(C#Cc2ccc3c(F)c(-c4ccc(CC)cc4)ccc3c2)cc1. The molecule has 0 aliphatic heterocycles. The third kappa shape index (κ3) is 5.09. The normalized spacial score (nSPS) is 10.7. The van der Waals surface area contributed by atoms with Crippen molar-refractivity contribution in [1.29, 1.82) is 0 Å². The van der Waals surface area contributed by atoms with E-state index in [2.05, 4.69) is 62.1 Å². The van der Waals surface area contributed by atoms with E-state index in [1.54, 1.807) is 0 Å². The van der Waals surface area contributed by atoms with E-state index in [4.69, 9.17) is 0 Å². The first-order valence-corrected chi connectivity index (χ1v) is 11.6. The van der Waals surface area contributed by atoms with Crippen molar-refractivity contribution < 1.29 is 4.39 Å². The van der Waals surface area contributed by atoms with Gasteiger partial charge in [-0.15, -0.1) is 0 Å². The highest BCUT2D eigenvalue weighted by atomic mass is 19.1. The minimum absolute atomic E-state index is 0.176. The first kappa shape index (κ1) is 21.8. The summed E-state index contributed by atoms with van der Waals surface area (Å²) in [6.45, 7) is 4.35. The van der Waals surface area contributed by atoms with Crippen molar-refractivity contribution in [3.05, 3.63) is 107 Å². The Labute approximate surface area is 191 Å². The molecule has 0 saturated carbocycles. The van der Waals surface area contributed by atoms with Crippen LogP contribution in [0.25, 0.3) is 21.9 Å². The van der Waals surface area contributed by atoms with Crippen LogP contribution in [0.15, 0.2) is 78.9 Å². The summed E-state index contributed by atoms with van der Waals surface area (Å²) in [7, 11) is 0. The molecule has 0 atom stereocenters. The Balaban J connectivity index is 1.54. The van der Waals surface area contributed by atoms with E-state index >= 15 is 4.39 Å². The lowest BCUT2D eigenvalue weighted by atomic mass is 9.98. The zero-order chi connectivity index (χ0) is 22.3. The highest BCUT2D eigenvalue weighted by Gasteiger charge is 2.09. The fourth-order valence-corrected chi connectivity index (χ4v) is 3.99. The van der Waals surface area contributed by atoms with E-state index in [0.29, 0.717) is 10.9 Å². The fraction of sp³-hybridized carbons (Fsp3) is 0.226. The van der Waals surface area contributed by atoms with Crippen molar-refractivity contribution in [3.63, 3.8) is 0 Å². The van der Waals surface area contributed by atoms with Gasteiger partial charge in [-0.05, 0) is 65.6 Å². The number of rotatable bonds is 6. The summed E-state index contributed by atoms with van der Waals surface area (Å²) in [5.41, 5.74) is 6.06. The van der Waals surface area contributed by atoms with Gasteiger partial charge in [0.15, 0.2) is 0 Å². The maximum Gasteiger partial charge on any atom is 0.138 e. The topological polar surface area (TPSA) is 0 Å². The van der Waals surface area contributed by atoms with E-state index in [1.165, 1.54) is 30.4 Å². The summed E-state index contributed by atoms with van der Waals surface area (Å²) in [4.78, 5) is 0. The molecule has 0 bridgehead atoms. The summed E-state index contributed by atoms with van der Waals surface area (Å²) >= 11 is 0. The Morgan fingerprint density at radius 1 is 0.688 bits per heavy atom. The summed E-state index contributed by atoms with van der Waals surface area (Å²) in [6, 6.07) is 26.2. The summed E-state index contributed by atoms with van der Waals surface area (Å²) in [6.07, 6.45) is 5.86. The maximum absolute atomic E-state index is 15.2. The molecule has 0 spiro atoms. The minimum atomic E-state index is -0.176. The van der Waals surface area contributed by atoms with Gasteiger partial charge in [-0.25, -0.2) is 4.39 Å². The molecule has 0 aromatic heterocycles. The average molecular weight is 421 g/mol. The van der Waals surface area contributed by atoms with E-state index in [9.17, 15) is 0 Å². The molecule has 0 aliphatic rings. The van der Waals surface area contributed by atoms with Crippen molar-refractivity contribution in [1.82, 2.24) is 0 Å². The van der Waals surface area contributed by atoms with Crippen LogP contribution in [-0.2, 0) is 12.8 Å². The molecule has 0 saturated heterocycles. The van der Waals surface area contributed by atoms with Gasteiger partial charge in [0.05, 0.1) is 0 Å². The Bertz CT molecular complexity index is 1250. The van der Waals surface area contributed by atoms with Crippen LogP contribution in [0.1, 0.15) is 55.4 Å². The number of aryl methyl sites for hydroxylation is 2. The zero-order valence-corrected chi connectivity index (χ0v) is 18.9. The minimum Gasteiger partial charge on any atom is -0.206 e. The second kappa shape index (κ2) is 10.3. The van der Waals surface area contributed by atoms with Gasteiger partial charge in [0.25, 0.3) is 0 Å². The molecule has 0 fully saturated rings. The number of fused-ring (bicyclic) bond motifs is 1. The van der Waals surface area contributed by atoms with Crippen LogP contribution in [0.2, 0.25) is 0 Å². The molecule has 0 amide bonds. The third-order valence-corrected chi connectivity index (χ3v) is 6.00. The van der Waals surface area contributed by atoms with Crippen LogP contribution in [-0.4, -0.2) is 0 Å². The maximum atomic E-state index is 15.2. The first-order valence-electron chi connectivity index (χ1n) is 11.6. The molecule has 0 unspecified atom stereocenters. The van der Waals surface area contributed by atoms with Crippen molar-refractivity contribution in [3.8, 4) is 23.0 Å². The molecule has 0 N–H and O–H groups in total. The number of unbranched alkanes of at least 4 members (excludes halogenated alkanes) is 2. The molecular formula is C31H29F. The van der Waals surface area contributed by atoms with E-state index in [1.807, 2.05) is 42.5 Å². The largest absolute Gasteiger partial charge is 0.206 e. The smallest absolute Gasteiger partial charge is 0.138 e. The van der Waals surface area contributed by atoms with Crippen LogP contribution in [0.4, 0.5) is 4.39 Å². The Morgan fingerprint density at radius 3 is 2.09 bits per heavy atom. The number of hydrogen-bond donors (Lipinski definition) is 0. The van der Waals surface area contributed by atoms with Gasteiger partial charge in [-0.2, -0.15) is 0 Å². The molecule has 1 heteroatoms. The molecule has 0 aliphatic carbocycles. The lowest BCUT2D eigenvalue weighted by Gasteiger charge is -2.08. The lowest BCUT2D eigenvalue weighted by Crippen LogP contribution is -1.89. The van der Waals surface area contributed by atoms with Gasteiger partial charge in [0.2, 0.25) is 0 Å². The van der Waals surface area contributed by atoms with Gasteiger partial charge in [0.1, 0.15) is 5.82 Å². The van der Waals surface area contributed by atoms with Crippen molar-refractivity contribution in [2.45, 2.75) is 46.0 Å². The van der Waals surface area contributed by atoms with E-state index in [-0.39, 0.29) is 5.82 Å². The number of hydrogen-bond acceptors (Lipinski definition) is 0. The standard InChI is InChI=1S/C31H29F/c1-3-5-6-7-24-8-10-25(11-9-24)12-13-26-16-20-30-28(22-26)19-21-29(31(30)32)27-17-14-23(4-2)15-18-27/h8-11,14-22H,3-7H2,1-2H3. The van der Waals surface area contributed by atoms with Crippen LogP contribution in [0, 0.1) is 17.7 Å². The highest BCUT2D eigenvalue weighted by Crippen LogP contribution is 2.29. The molecule has 0 nitrogen and oxygen atoms in total. The molecule has 4 aromatic carbocycles. The Kier molecular flexibility index (Phi) is 7.03. The van der Waals surface area contributed by atoms with Crippen LogP contribution < -0.4 is 0 Å². The number of benzene rings is 4. The van der Waals surface area contributed by atoms with Crippen molar-refractivity contribution in [2.75, 3.05) is 0 Å². The zero-order valence-electron chi connectivity index (χ0n) is 18.9. The fourth-order valence-electron chi connectivity index (χ4n) is 3.99. The Hall–Kier alpha value is -3.37. The summed E-state index contributed by atoms with van der Waals surface area (Å²) < 4.78 is 15.2. The van der Waals surface area contributed by atoms with Crippen LogP contribution >= 0.6 is 0 Å². The quantitative estimate of drug-likeness (QED) is 0.217. The van der Waals surface area contributed by atoms with Gasteiger partial charge in [0, 0.05) is 22.1 Å². The van der Waals surface area contributed by atoms with E-state index in [0.717, 1.165) is 34.9 Å². The molecular weight excluding hydrogens is 391 g/mol. The molecule has 4 rings (SSSR count). The van der Waals surface area contributed by atoms with Crippen molar-refractivity contribution >= 4 is 10.8 Å². The van der Waals surface area contributed by atoms with E-state index < -0.39 is 0 Å². The third-order valence-electron chi connectivity index (χ3n) is 6.00. The summed E-state index contributed by atoms with van der Waals surface area (Å²) in [5, 5.41) is 1.50. The van der Waals surface area contributed by atoms with Gasteiger partial charge < -0.3 is 0 Å². The average Bonchev–Trinajstić information content (AvgIpc) is 2.84. The highest BCUT2D eigenvalue weighted by molar-refractivity contribution is 5.89. The first-order chi connectivity index (χ1) is 15.7. The predicted molar refractivity (Wildman–Crippen MR) is 134 cm³/mol. The second-order valence-corrected chi connectivity index (χ2v) is 8.32. The number of halogens is 1. The molecule has 32 heavy (non-hydrogen) atoms. The summed E-state index contributed by atoms with van der Waals surface area (Å²) in [5.74, 6) is 6.29.